The molecule has 0 aromatic heterocycles. The summed E-state index contributed by atoms with van der Waals surface area (Å²) in [5, 5.41) is 3.83. The van der Waals surface area contributed by atoms with Gasteiger partial charge in [-0.15, -0.1) is 0 Å². The van der Waals surface area contributed by atoms with Gasteiger partial charge in [0.05, 0.1) is 5.92 Å². The Morgan fingerprint density at radius 1 is 1.20 bits per heavy atom. The minimum atomic E-state index is -0.864. The van der Waals surface area contributed by atoms with Gasteiger partial charge in [-0.05, 0) is 56.0 Å². The molecule has 1 spiro atoms. The third kappa shape index (κ3) is 2.79. The lowest BCUT2D eigenvalue weighted by molar-refractivity contribution is -0.138. The quantitative estimate of drug-likeness (QED) is 0.820. The van der Waals surface area contributed by atoms with E-state index < -0.39 is 5.54 Å². The second kappa shape index (κ2) is 7.40. The number of anilines is 1. The van der Waals surface area contributed by atoms with E-state index in [1.54, 1.807) is 4.90 Å². The van der Waals surface area contributed by atoms with E-state index in [1.165, 1.54) is 0 Å². The number of hydrogen-bond acceptors (Lipinski definition) is 3. The van der Waals surface area contributed by atoms with Crippen LogP contribution >= 0.6 is 11.6 Å². The highest BCUT2D eigenvalue weighted by molar-refractivity contribution is 6.30. The van der Waals surface area contributed by atoms with Gasteiger partial charge >= 0.3 is 0 Å². The Hall–Kier alpha value is -2.37. The van der Waals surface area contributed by atoms with Crippen LogP contribution in [0.25, 0.3) is 0 Å². The second-order valence-corrected chi connectivity index (χ2v) is 9.03. The molecule has 30 heavy (non-hydrogen) atoms. The summed E-state index contributed by atoms with van der Waals surface area (Å²) in [4.78, 5) is 31.1. The molecule has 156 valence electrons. The van der Waals surface area contributed by atoms with Gasteiger partial charge in [-0.3, -0.25) is 14.5 Å². The molecule has 2 aromatic carbocycles. The highest BCUT2D eigenvalue weighted by Gasteiger charge is 2.66. The second-order valence-electron chi connectivity index (χ2n) is 8.59. The first-order valence-electron chi connectivity index (χ1n) is 10.7. The summed E-state index contributed by atoms with van der Waals surface area (Å²) in [5.41, 5.74) is 2.17. The molecular formula is C24H26ClN3O2. The molecule has 0 aliphatic carbocycles. The fourth-order valence-electron chi connectivity index (χ4n) is 5.77. The van der Waals surface area contributed by atoms with Crippen LogP contribution in [0.5, 0.6) is 0 Å². The van der Waals surface area contributed by atoms with Gasteiger partial charge in [0.25, 0.3) is 5.91 Å². The van der Waals surface area contributed by atoms with Gasteiger partial charge < -0.3 is 10.2 Å². The van der Waals surface area contributed by atoms with Gasteiger partial charge in [-0.2, -0.15) is 0 Å². The average molecular weight is 424 g/mol. The smallest absolute Gasteiger partial charge is 0.252 e. The topological polar surface area (TPSA) is 52.7 Å². The Morgan fingerprint density at radius 3 is 2.77 bits per heavy atom. The van der Waals surface area contributed by atoms with Crippen molar-refractivity contribution in [2.45, 2.75) is 37.3 Å². The zero-order valence-electron chi connectivity index (χ0n) is 17.1. The zero-order chi connectivity index (χ0) is 20.9. The van der Waals surface area contributed by atoms with E-state index in [-0.39, 0.29) is 17.7 Å². The number of nitrogens with zero attached hydrogens (tertiary/aromatic N) is 2. The summed E-state index contributed by atoms with van der Waals surface area (Å²) >= 11 is 5.95. The van der Waals surface area contributed by atoms with Crippen molar-refractivity contribution >= 4 is 29.1 Å². The lowest BCUT2D eigenvalue weighted by atomic mass is 9.78. The first kappa shape index (κ1) is 19.6. The average Bonchev–Trinajstić information content (AvgIpc) is 3.40. The summed E-state index contributed by atoms with van der Waals surface area (Å²) in [6, 6.07) is 15.9. The van der Waals surface area contributed by atoms with E-state index in [9.17, 15) is 9.59 Å². The molecule has 3 heterocycles. The Balaban J connectivity index is 1.42. The van der Waals surface area contributed by atoms with E-state index in [1.807, 2.05) is 55.6 Å². The van der Waals surface area contributed by atoms with Crippen LogP contribution in [0.15, 0.2) is 48.5 Å². The van der Waals surface area contributed by atoms with Gasteiger partial charge in [0.15, 0.2) is 0 Å². The number of nitrogens with one attached hydrogen (secondary N) is 1. The summed E-state index contributed by atoms with van der Waals surface area (Å²) < 4.78 is 0. The number of carbonyl (C=O) groups excluding carboxylic acids is 2. The van der Waals surface area contributed by atoms with Crippen molar-refractivity contribution in [1.82, 2.24) is 10.2 Å². The number of amides is 2. The number of carbonyl (C=O) groups is 2. The molecule has 0 bridgehead atoms. The molecule has 2 fully saturated rings. The molecule has 2 aromatic rings. The van der Waals surface area contributed by atoms with Crippen LogP contribution in [0.1, 0.15) is 30.4 Å². The maximum atomic E-state index is 13.7. The van der Waals surface area contributed by atoms with E-state index in [2.05, 4.69) is 10.2 Å². The molecule has 1 N–H and O–H groups in total. The number of likely N-dealkylation sites (N-methyl/N-ethyl adjacent to an activating group) is 1. The third-order valence-corrected chi connectivity index (χ3v) is 7.34. The number of hydrogen-bond donors (Lipinski definition) is 1. The molecule has 5 rings (SSSR count). The highest BCUT2D eigenvalue weighted by Crippen LogP contribution is 2.56. The number of benzene rings is 2. The first-order chi connectivity index (χ1) is 14.5. The summed E-state index contributed by atoms with van der Waals surface area (Å²) in [6.45, 7) is 1.41. The Morgan fingerprint density at radius 2 is 1.97 bits per heavy atom. The van der Waals surface area contributed by atoms with Crippen LogP contribution in [0.2, 0.25) is 5.02 Å². The monoisotopic (exact) mass is 423 g/mol. The van der Waals surface area contributed by atoms with Gasteiger partial charge in [0, 0.05) is 35.9 Å². The lowest BCUT2D eigenvalue weighted by Crippen LogP contribution is -2.55. The molecule has 3 atom stereocenters. The maximum absolute atomic E-state index is 13.7. The molecule has 3 aliphatic rings. The first-order valence-corrected chi connectivity index (χ1v) is 11.1. The van der Waals surface area contributed by atoms with E-state index in [4.69, 9.17) is 11.6 Å². The van der Waals surface area contributed by atoms with Gasteiger partial charge in [-0.1, -0.05) is 41.9 Å². The molecule has 0 saturated carbocycles. The summed E-state index contributed by atoms with van der Waals surface area (Å²) in [5.74, 6) is -0.352. The maximum Gasteiger partial charge on any atom is 0.252 e. The zero-order valence-corrected chi connectivity index (χ0v) is 17.9. The summed E-state index contributed by atoms with van der Waals surface area (Å²) in [7, 11) is 1.83. The number of rotatable bonds is 4. The molecule has 6 heteroatoms. The standard InChI is InChI=1S/C24H26ClN3O2/c1-27-21-7-3-2-6-19(21)24(23(27)30)20(15-18-5-4-14-28(18)24)22(29)26-13-12-16-8-10-17(25)11-9-16/h2-3,6-11,18,20H,4-5,12-15H2,1H3,(H,26,29). The van der Waals surface area contributed by atoms with Gasteiger partial charge in [0.2, 0.25) is 5.91 Å². The van der Waals surface area contributed by atoms with Crippen LogP contribution in [0.3, 0.4) is 0 Å². The number of halogens is 1. The van der Waals surface area contributed by atoms with Crippen molar-refractivity contribution in [1.29, 1.82) is 0 Å². The van der Waals surface area contributed by atoms with Crippen molar-refractivity contribution in [2.24, 2.45) is 5.92 Å². The molecule has 3 aliphatic heterocycles. The number of para-hydroxylation sites is 1. The van der Waals surface area contributed by atoms with Crippen LogP contribution < -0.4 is 10.2 Å². The minimum absolute atomic E-state index is 0.0168. The van der Waals surface area contributed by atoms with Gasteiger partial charge in [0.1, 0.15) is 5.54 Å². The Labute approximate surface area is 182 Å². The lowest BCUT2D eigenvalue weighted by Gasteiger charge is -2.37. The van der Waals surface area contributed by atoms with Crippen molar-refractivity contribution in [2.75, 3.05) is 25.0 Å². The molecule has 5 nitrogen and oxygen atoms in total. The third-order valence-electron chi connectivity index (χ3n) is 7.09. The van der Waals surface area contributed by atoms with Gasteiger partial charge in [-0.25, -0.2) is 0 Å². The van der Waals surface area contributed by atoms with Crippen molar-refractivity contribution in [3.8, 4) is 0 Å². The summed E-state index contributed by atoms with van der Waals surface area (Å²) in [6.07, 6.45) is 3.60. The molecule has 2 amide bonds. The van der Waals surface area contributed by atoms with Crippen molar-refractivity contribution in [3.63, 3.8) is 0 Å². The predicted molar refractivity (Wildman–Crippen MR) is 118 cm³/mol. The fourth-order valence-corrected chi connectivity index (χ4v) is 5.90. The predicted octanol–water partition coefficient (Wildman–Crippen LogP) is 3.35. The number of fused-ring (bicyclic) bond motifs is 4. The van der Waals surface area contributed by atoms with Crippen molar-refractivity contribution < 1.29 is 9.59 Å². The molecular weight excluding hydrogens is 398 g/mol. The van der Waals surface area contributed by atoms with Crippen LogP contribution in [-0.4, -0.2) is 42.9 Å². The van der Waals surface area contributed by atoms with E-state index in [0.29, 0.717) is 17.6 Å². The highest BCUT2D eigenvalue weighted by atomic mass is 35.5. The normalized spacial score (nSPS) is 27.5. The molecule has 0 radical (unpaired) electrons. The molecule has 2 saturated heterocycles. The van der Waals surface area contributed by atoms with Crippen LogP contribution in [0.4, 0.5) is 5.69 Å². The Bertz CT molecular complexity index is 992. The van der Waals surface area contributed by atoms with Crippen LogP contribution in [-0.2, 0) is 21.5 Å². The molecule has 3 unspecified atom stereocenters. The fraction of sp³-hybridized carbons (Fsp3) is 0.417. The van der Waals surface area contributed by atoms with E-state index >= 15 is 0 Å². The SMILES string of the molecule is CN1C(=O)C2(c3ccccc31)C(C(=O)NCCc1ccc(Cl)cc1)CC1CCCN12. The van der Waals surface area contributed by atoms with E-state index in [0.717, 1.165) is 49.0 Å². The Kier molecular flexibility index (Phi) is 4.83. The largest absolute Gasteiger partial charge is 0.355 e. The van der Waals surface area contributed by atoms with Crippen molar-refractivity contribution in [3.05, 3.63) is 64.7 Å². The minimum Gasteiger partial charge on any atom is -0.355 e. The van der Waals surface area contributed by atoms with Crippen LogP contribution in [0, 0.1) is 5.92 Å².